The number of thiazole rings is 1. The molecule has 8 heteroatoms. The fourth-order valence-electron chi connectivity index (χ4n) is 3.51. The number of carbonyl (C=O) groups excluding carboxylic acids is 1. The largest absolute Gasteiger partial charge is 0.489 e. The molecule has 0 spiro atoms. The normalized spacial score (nSPS) is 14.5. The van der Waals surface area contributed by atoms with Gasteiger partial charge in [-0.15, -0.1) is 11.3 Å². The summed E-state index contributed by atoms with van der Waals surface area (Å²) in [5.41, 5.74) is 9.76. The number of amides is 1. The topological polar surface area (TPSA) is 89.7 Å². The van der Waals surface area contributed by atoms with Crippen molar-refractivity contribution in [3.8, 4) is 17.0 Å². The van der Waals surface area contributed by atoms with Gasteiger partial charge in [-0.05, 0) is 37.6 Å². The van der Waals surface area contributed by atoms with E-state index in [1.807, 2.05) is 19.2 Å². The molecule has 0 unspecified atom stereocenters. The second-order valence-electron chi connectivity index (χ2n) is 7.99. The Morgan fingerprint density at radius 3 is 2.66 bits per heavy atom. The standard InChI is InChI=1S/C24H28N4O3S/c1-16(2)31-22-8-7-19(23(25)29)13-20(22)26-24-27-21(15-32-24)18-5-3-17(4-6-18)14-28-9-11-30-12-10-28/h3-8,13,15-16H,9-12,14H2,1-2H3,(H2,25,29)(H,26,27). The molecular formula is C24H28N4O3S. The minimum Gasteiger partial charge on any atom is -0.489 e. The number of hydrogen-bond acceptors (Lipinski definition) is 7. The molecule has 0 saturated carbocycles. The van der Waals surface area contributed by atoms with Crippen LogP contribution in [0.15, 0.2) is 47.8 Å². The van der Waals surface area contributed by atoms with E-state index in [0.717, 1.165) is 44.1 Å². The van der Waals surface area contributed by atoms with Crippen LogP contribution in [0, 0.1) is 0 Å². The first kappa shape index (κ1) is 22.3. The van der Waals surface area contributed by atoms with Gasteiger partial charge in [0.15, 0.2) is 5.13 Å². The smallest absolute Gasteiger partial charge is 0.248 e. The Morgan fingerprint density at radius 1 is 1.22 bits per heavy atom. The molecule has 4 rings (SSSR count). The lowest BCUT2D eigenvalue weighted by molar-refractivity contribution is 0.0342. The van der Waals surface area contributed by atoms with E-state index in [2.05, 4.69) is 34.5 Å². The van der Waals surface area contributed by atoms with Gasteiger partial charge in [0.25, 0.3) is 0 Å². The molecule has 168 valence electrons. The minimum atomic E-state index is -0.485. The fourth-order valence-corrected chi connectivity index (χ4v) is 4.25. The number of nitrogens with one attached hydrogen (secondary N) is 1. The summed E-state index contributed by atoms with van der Waals surface area (Å²) in [5.74, 6) is 0.162. The quantitative estimate of drug-likeness (QED) is 0.530. The van der Waals surface area contributed by atoms with Crippen LogP contribution in [0.3, 0.4) is 0 Å². The van der Waals surface area contributed by atoms with E-state index in [0.29, 0.717) is 22.1 Å². The van der Waals surface area contributed by atoms with Crippen molar-refractivity contribution in [1.29, 1.82) is 0 Å². The van der Waals surface area contributed by atoms with E-state index in [1.54, 1.807) is 18.2 Å². The van der Waals surface area contributed by atoms with Crippen molar-refractivity contribution in [2.75, 3.05) is 31.6 Å². The highest BCUT2D eigenvalue weighted by molar-refractivity contribution is 7.14. The SMILES string of the molecule is CC(C)Oc1ccc(C(N)=O)cc1Nc1nc(-c2ccc(CN3CCOCC3)cc2)cs1. The molecule has 7 nitrogen and oxygen atoms in total. The van der Waals surface area contributed by atoms with Gasteiger partial charge in [0.2, 0.25) is 5.91 Å². The van der Waals surface area contributed by atoms with Crippen molar-refractivity contribution >= 4 is 28.1 Å². The number of ether oxygens (including phenoxy) is 2. The molecule has 0 radical (unpaired) electrons. The number of rotatable bonds is 8. The van der Waals surface area contributed by atoms with Gasteiger partial charge in [0, 0.05) is 36.1 Å². The molecule has 1 aliphatic rings. The Bertz CT molecular complexity index is 1060. The molecular weight excluding hydrogens is 424 g/mol. The molecule has 2 aromatic carbocycles. The molecule has 0 atom stereocenters. The lowest BCUT2D eigenvalue weighted by Gasteiger charge is -2.26. The number of carbonyl (C=O) groups is 1. The third-order valence-electron chi connectivity index (χ3n) is 5.13. The van der Waals surface area contributed by atoms with Crippen molar-refractivity contribution in [2.45, 2.75) is 26.5 Å². The maximum atomic E-state index is 11.6. The second kappa shape index (κ2) is 10.1. The molecule has 1 fully saturated rings. The molecule has 3 aromatic rings. The summed E-state index contributed by atoms with van der Waals surface area (Å²) in [4.78, 5) is 18.7. The van der Waals surface area contributed by atoms with Gasteiger partial charge in [-0.3, -0.25) is 9.69 Å². The van der Waals surface area contributed by atoms with E-state index in [1.165, 1.54) is 16.9 Å². The zero-order valence-electron chi connectivity index (χ0n) is 18.3. The Labute approximate surface area is 192 Å². The van der Waals surface area contributed by atoms with E-state index in [9.17, 15) is 4.79 Å². The summed E-state index contributed by atoms with van der Waals surface area (Å²) < 4.78 is 11.3. The summed E-state index contributed by atoms with van der Waals surface area (Å²) >= 11 is 1.50. The van der Waals surface area contributed by atoms with Crippen LogP contribution in [0.2, 0.25) is 0 Å². The van der Waals surface area contributed by atoms with Crippen LogP contribution >= 0.6 is 11.3 Å². The van der Waals surface area contributed by atoms with Gasteiger partial charge in [0.05, 0.1) is 30.7 Å². The van der Waals surface area contributed by atoms with Crippen LogP contribution in [0.25, 0.3) is 11.3 Å². The van der Waals surface area contributed by atoms with E-state index in [4.69, 9.17) is 20.2 Å². The molecule has 2 heterocycles. The number of aromatic nitrogens is 1. The predicted octanol–water partition coefficient (Wildman–Crippen LogP) is 4.27. The average Bonchev–Trinajstić information content (AvgIpc) is 3.24. The summed E-state index contributed by atoms with van der Waals surface area (Å²) in [6.45, 7) is 8.40. The van der Waals surface area contributed by atoms with Crippen LogP contribution in [0.4, 0.5) is 10.8 Å². The summed E-state index contributed by atoms with van der Waals surface area (Å²) in [7, 11) is 0. The van der Waals surface area contributed by atoms with Crippen LogP contribution in [-0.2, 0) is 11.3 Å². The van der Waals surface area contributed by atoms with Gasteiger partial charge >= 0.3 is 0 Å². The number of morpholine rings is 1. The maximum absolute atomic E-state index is 11.6. The Morgan fingerprint density at radius 2 is 1.97 bits per heavy atom. The third-order valence-corrected chi connectivity index (χ3v) is 5.89. The van der Waals surface area contributed by atoms with Gasteiger partial charge in [-0.2, -0.15) is 0 Å². The molecule has 1 aromatic heterocycles. The zero-order valence-corrected chi connectivity index (χ0v) is 19.2. The molecule has 0 aliphatic carbocycles. The molecule has 0 bridgehead atoms. The number of anilines is 2. The van der Waals surface area contributed by atoms with Crippen molar-refractivity contribution in [1.82, 2.24) is 9.88 Å². The van der Waals surface area contributed by atoms with Gasteiger partial charge < -0.3 is 20.5 Å². The van der Waals surface area contributed by atoms with Crippen LogP contribution < -0.4 is 15.8 Å². The van der Waals surface area contributed by atoms with Crippen LogP contribution in [0.5, 0.6) is 5.75 Å². The lowest BCUT2D eigenvalue weighted by Crippen LogP contribution is -2.35. The summed E-state index contributed by atoms with van der Waals surface area (Å²) in [6.07, 6.45) is -0.00203. The fraction of sp³-hybridized carbons (Fsp3) is 0.333. The number of primary amides is 1. The Balaban J connectivity index is 1.48. The van der Waals surface area contributed by atoms with Crippen molar-refractivity contribution in [3.05, 3.63) is 59.0 Å². The summed E-state index contributed by atoms with van der Waals surface area (Å²) in [5, 5.41) is 6.01. The molecule has 3 N–H and O–H groups in total. The Kier molecular flexibility index (Phi) is 7.04. The monoisotopic (exact) mass is 452 g/mol. The minimum absolute atomic E-state index is 0.00203. The maximum Gasteiger partial charge on any atom is 0.248 e. The predicted molar refractivity (Wildman–Crippen MR) is 128 cm³/mol. The zero-order chi connectivity index (χ0) is 22.5. The van der Waals surface area contributed by atoms with Crippen molar-refractivity contribution in [3.63, 3.8) is 0 Å². The first-order valence-corrected chi connectivity index (χ1v) is 11.6. The number of nitrogens with zero attached hydrogens (tertiary/aromatic N) is 2. The highest BCUT2D eigenvalue weighted by Crippen LogP contribution is 2.33. The van der Waals surface area contributed by atoms with Gasteiger partial charge in [-0.1, -0.05) is 24.3 Å². The molecule has 1 saturated heterocycles. The highest BCUT2D eigenvalue weighted by atomic mass is 32.1. The average molecular weight is 453 g/mol. The number of nitrogens with two attached hydrogens (primary N) is 1. The third kappa shape index (κ3) is 5.64. The Hall–Kier alpha value is -2.94. The van der Waals surface area contributed by atoms with Gasteiger partial charge in [-0.25, -0.2) is 4.98 Å². The first-order chi connectivity index (χ1) is 15.5. The van der Waals surface area contributed by atoms with Crippen LogP contribution in [-0.4, -0.2) is 48.2 Å². The molecule has 32 heavy (non-hydrogen) atoms. The van der Waals surface area contributed by atoms with Gasteiger partial charge in [0.1, 0.15) is 5.75 Å². The lowest BCUT2D eigenvalue weighted by atomic mass is 10.1. The first-order valence-electron chi connectivity index (χ1n) is 10.7. The molecule has 1 aliphatic heterocycles. The van der Waals surface area contributed by atoms with Crippen LogP contribution in [0.1, 0.15) is 29.8 Å². The van der Waals surface area contributed by atoms with E-state index >= 15 is 0 Å². The summed E-state index contributed by atoms with van der Waals surface area (Å²) in [6, 6.07) is 13.6. The van der Waals surface area contributed by atoms with Crippen molar-refractivity contribution < 1.29 is 14.3 Å². The number of hydrogen-bond donors (Lipinski definition) is 2. The molecule has 1 amide bonds. The van der Waals surface area contributed by atoms with E-state index in [-0.39, 0.29) is 6.10 Å². The van der Waals surface area contributed by atoms with E-state index < -0.39 is 5.91 Å². The number of benzene rings is 2. The second-order valence-corrected chi connectivity index (χ2v) is 8.85. The van der Waals surface area contributed by atoms with Crippen molar-refractivity contribution in [2.24, 2.45) is 5.73 Å². The highest BCUT2D eigenvalue weighted by Gasteiger charge is 2.13.